The van der Waals surface area contributed by atoms with Crippen molar-refractivity contribution in [2.75, 3.05) is 20.6 Å². The van der Waals surface area contributed by atoms with E-state index in [0.29, 0.717) is 0 Å². The Bertz CT molecular complexity index is 479. The first-order valence-electron chi connectivity index (χ1n) is 7.60. The van der Waals surface area contributed by atoms with E-state index in [4.69, 9.17) is 0 Å². The van der Waals surface area contributed by atoms with E-state index in [9.17, 15) is 10.1 Å². The molecule has 1 aromatic carbocycles. The van der Waals surface area contributed by atoms with Crippen LogP contribution in [0.15, 0.2) is 24.3 Å². The summed E-state index contributed by atoms with van der Waals surface area (Å²) in [5.74, 6) is 0. The highest BCUT2D eigenvalue weighted by Crippen LogP contribution is 2.33. The lowest BCUT2D eigenvalue weighted by Crippen LogP contribution is -2.50. The Labute approximate surface area is 126 Å². The van der Waals surface area contributed by atoms with Crippen molar-refractivity contribution in [2.45, 2.75) is 44.2 Å². The Morgan fingerprint density at radius 1 is 1.29 bits per heavy atom. The Balaban J connectivity index is 1.97. The summed E-state index contributed by atoms with van der Waals surface area (Å²) in [6.07, 6.45) is 5.07. The minimum absolute atomic E-state index is 0.145. The molecule has 0 radical (unpaired) electrons. The zero-order valence-corrected chi connectivity index (χ0v) is 13.1. The molecule has 2 rings (SSSR count). The molecule has 1 aliphatic rings. The quantitative estimate of drug-likeness (QED) is 0.646. The van der Waals surface area contributed by atoms with E-state index >= 15 is 0 Å². The molecule has 0 aromatic heterocycles. The number of hydrogen-bond donors (Lipinski definition) is 1. The summed E-state index contributed by atoms with van der Waals surface area (Å²) in [4.78, 5) is 12.7. The van der Waals surface area contributed by atoms with E-state index in [1.54, 1.807) is 12.1 Å². The van der Waals surface area contributed by atoms with Crippen molar-refractivity contribution in [3.63, 3.8) is 0 Å². The highest BCUT2D eigenvalue weighted by molar-refractivity contribution is 5.34. The summed E-state index contributed by atoms with van der Waals surface area (Å²) >= 11 is 0. The Morgan fingerprint density at radius 2 is 1.86 bits per heavy atom. The number of rotatable bonds is 6. The topological polar surface area (TPSA) is 58.4 Å². The van der Waals surface area contributed by atoms with Crippen LogP contribution in [0.2, 0.25) is 0 Å². The van der Waals surface area contributed by atoms with E-state index in [0.717, 1.165) is 12.1 Å². The molecule has 21 heavy (non-hydrogen) atoms. The van der Waals surface area contributed by atoms with Gasteiger partial charge in [0.25, 0.3) is 5.69 Å². The second-order valence-corrected chi connectivity index (χ2v) is 6.28. The molecule has 1 saturated carbocycles. The third kappa shape index (κ3) is 3.60. The normalized spacial score (nSPS) is 18.9. The van der Waals surface area contributed by atoms with E-state index in [1.165, 1.54) is 25.7 Å². The Kier molecular flexibility index (Phi) is 4.96. The van der Waals surface area contributed by atoms with Gasteiger partial charge in [0.05, 0.1) is 4.92 Å². The maximum absolute atomic E-state index is 10.7. The van der Waals surface area contributed by atoms with Gasteiger partial charge in [-0.15, -0.1) is 0 Å². The molecule has 1 aromatic rings. The van der Waals surface area contributed by atoms with Crippen LogP contribution in [0.25, 0.3) is 0 Å². The summed E-state index contributed by atoms with van der Waals surface area (Å²) in [5, 5.41) is 14.3. The Hall–Kier alpha value is -1.46. The molecule has 0 heterocycles. The molecule has 0 saturated heterocycles. The fourth-order valence-corrected chi connectivity index (χ4v) is 3.16. The average molecular weight is 291 g/mol. The molecular formula is C16H25N3O2. The van der Waals surface area contributed by atoms with Crippen LogP contribution in [-0.2, 0) is 0 Å². The SMILES string of the molecule is CC(NCC1(N(C)C)CCCC1)c1ccc([N+](=O)[O-])cc1. The number of nitro benzene ring substituents is 1. The van der Waals surface area contributed by atoms with Gasteiger partial charge >= 0.3 is 0 Å². The number of hydrogen-bond acceptors (Lipinski definition) is 4. The van der Waals surface area contributed by atoms with Crippen molar-refractivity contribution in [2.24, 2.45) is 0 Å². The Morgan fingerprint density at radius 3 is 2.33 bits per heavy atom. The van der Waals surface area contributed by atoms with Gasteiger partial charge < -0.3 is 10.2 Å². The van der Waals surface area contributed by atoms with Gasteiger partial charge in [0.15, 0.2) is 0 Å². The van der Waals surface area contributed by atoms with Crippen LogP contribution in [0, 0.1) is 10.1 Å². The molecule has 0 amide bonds. The highest BCUT2D eigenvalue weighted by Gasteiger charge is 2.35. The van der Waals surface area contributed by atoms with Crippen LogP contribution < -0.4 is 5.32 Å². The molecule has 0 spiro atoms. The molecule has 1 aliphatic carbocycles. The maximum Gasteiger partial charge on any atom is 0.269 e. The first-order chi connectivity index (χ1) is 9.94. The van der Waals surface area contributed by atoms with Crippen LogP contribution >= 0.6 is 0 Å². The lowest BCUT2D eigenvalue weighted by Gasteiger charge is -2.37. The second kappa shape index (κ2) is 6.54. The fraction of sp³-hybridized carbons (Fsp3) is 0.625. The number of benzene rings is 1. The van der Waals surface area contributed by atoms with Crippen molar-refractivity contribution in [3.8, 4) is 0 Å². The smallest absolute Gasteiger partial charge is 0.269 e. The third-order valence-electron chi connectivity index (χ3n) is 4.82. The molecule has 5 nitrogen and oxygen atoms in total. The fourth-order valence-electron chi connectivity index (χ4n) is 3.16. The maximum atomic E-state index is 10.7. The summed E-state index contributed by atoms with van der Waals surface area (Å²) < 4.78 is 0. The van der Waals surface area contributed by atoms with Crippen LogP contribution in [0.3, 0.4) is 0 Å². The molecule has 1 unspecified atom stereocenters. The highest BCUT2D eigenvalue weighted by atomic mass is 16.6. The molecule has 116 valence electrons. The summed E-state index contributed by atoms with van der Waals surface area (Å²) in [6.45, 7) is 3.07. The van der Waals surface area contributed by atoms with Gasteiger partial charge in [0, 0.05) is 30.3 Å². The van der Waals surface area contributed by atoms with Gasteiger partial charge in [0.2, 0.25) is 0 Å². The number of nitrogens with one attached hydrogen (secondary N) is 1. The predicted molar refractivity (Wildman–Crippen MR) is 84.4 cm³/mol. The number of likely N-dealkylation sites (N-methyl/N-ethyl adjacent to an activating group) is 1. The molecule has 0 bridgehead atoms. The molecule has 1 fully saturated rings. The van der Waals surface area contributed by atoms with E-state index in [1.807, 2.05) is 12.1 Å². The van der Waals surface area contributed by atoms with E-state index in [2.05, 4.69) is 31.2 Å². The van der Waals surface area contributed by atoms with Crippen molar-refractivity contribution in [1.29, 1.82) is 0 Å². The average Bonchev–Trinajstić information content (AvgIpc) is 2.95. The van der Waals surface area contributed by atoms with Gasteiger partial charge in [-0.25, -0.2) is 0 Å². The van der Waals surface area contributed by atoms with Crippen LogP contribution in [0.5, 0.6) is 0 Å². The third-order valence-corrected chi connectivity index (χ3v) is 4.82. The minimum Gasteiger partial charge on any atom is -0.308 e. The first kappa shape index (κ1) is 15.9. The predicted octanol–water partition coefficient (Wildman–Crippen LogP) is 3.12. The van der Waals surface area contributed by atoms with Crippen LogP contribution in [-0.4, -0.2) is 36.0 Å². The minimum atomic E-state index is -0.360. The largest absolute Gasteiger partial charge is 0.308 e. The lowest BCUT2D eigenvalue weighted by atomic mass is 9.95. The van der Waals surface area contributed by atoms with Crippen molar-refractivity contribution in [1.82, 2.24) is 10.2 Å². The summed E-state index contributed by atoms with van der Waals surface area (Å²) in [5.41, 5.74) is 1.49. The van der Waals surface area contributed by atoms with Crippen molar-refractivity contribution in [3.05, 3.63) is 39.9 Å². The molecule has 1 N–H and O–H groups in total. The summed E-state index contributed by atoms with van der Waals surface area (Å²) in [7, 11) is 4.31. The van der Waals surface area contributed by atoms with Gasteiger partial charge in [-0.3, -0.25) is 10.1 Å². The lowest BCUT2D eigenvalue weighted by molar-refractivity contribution is -0.384. The van der Waals surface area contributed by atoms with Gasteiger partial charge in [-0.1, -0.05) is 25.0 Å². The molecule has 1 atom stereocenters. The first-order valence-corrected chi connectivity index (χ1v) is 7.60. The zero-order chi connectivity index (χ0) is 15.5. The monoisotopic (exact) mass is 291 g/mol. The van der Waals surface area contributed by atoms with Crippen molar-refractivity contribution < 1.29 is 4.92 Å². The van der Waals surface area contributed by atoms with Crippen LogP contribution in [0.1, 0.15) is 44.2 Å². The van der Waals surface area contributed by atoms with E-state index in [-0.39, 0.29) is 22.2 Å². The molecular weight excluding hydrogens is 266 g/mol. The van der Waals surface area contributed by atoms with Gasteiger partial charge in [0.1, 0.15) is 0 Å². The van der Waals surface area contributed by atoms with Crippen LogP contribution in [0.4, 0.5) is 5.69 Å². The van der Waals surface area contributed by atoms with E-state index < -0.39 is 0 Å². The van der Waals surface area contributed by atoms with Gasteiger partial charge in [-0.05, 0) is 39.4 Å². The standard InChI is InChI=1S/C16H25N3O2/c1-13(14-6-8-15(9-7-14)19(20)21)17-12-16(18(2)3)10-4-5-11-16/h6-9,13,17H,4-5,10-12H2,1-3H3. The zero-order valence-electron chi connectivity index (χ0n) is 13.1. The molecule has 0 aliphatic heterocycles. The van der Waals surface area contributed by atoms with Crippen molar-refractivity contribution >= 4 is 5.69 Å². The second-order valence-electron chi connectivity index (χ2n) is 6.28. The summed E-state index contributed by atoms with van der Waals surface area (Å²) in [6, 6.07) is 7.03. The number of non-ortho nitro benzene ring substituents is 1. The molecule has 5 heteroatoms. The van der Waals surface area contributed by atoms with Gasteiger partial charge in [-0.2, -0.15) is 0 Å². The number of nitrogens with zero attached hydrogens (tertiary/aromatic N) is 2. The number of nitro groups is 1.